The third-order valence-electron chi connectivity index (χ3n) is 6.29. The lowest BCUT2D eigenvalue weighted by Crippen LogP contribution is -2.55. The van der Waals surface area contributed by atoms with Crippen molar-refractivity contribution in [2.45, 2.75) is 58.8 Å². The summed E-state index contributed by atoms with van der Waals surface area (Å²) in [6, 6.07) is 20.1. The lowest BCUT2D eigenvalue weighted by atomic mass is 10.1. The quantitative estimate of drug-likeness (QED) is 0.261. The van der Waals surface area contributed by atoms with Gasteiger partial charge in [0.1, 0.15) is 24.9 Å². The Morgan fingerprint density at radius 3 is 2.17 bits per heavy atom. The van der Waals surface area contributed by atoms with Crippen molar-refractivity contribution < 1.29 is 22.7 Å². The van der Waals surface area contributed by atoms with Gasteiger partial charge >= 0.3 is 0 Å². The van der Waals surface area contributed by atoms with E-state index in [9.17, 15) is 18.0 Å². The van der Waals surface area contributed by atoms with Crippen LogP contribution in [0.15, 0.2) is 72.8 Å². The predicted molar refractivity (Wildman–Crippen MR) is 168 cm³/mol. The first-order valence-electron chi connectivity index (χ1n) is 13.5. The molecule has 0 saturated heterocycles. The van der Waals surface area contributed by atoms with Crippen LogP contribution < -0.4 is 14.4 Å². The van der Waals surface area contributed by atoms with E-state index in [0.29, 0.717) is 34.4 Å². The average molecular weight is 635 g/mol. The summed E-state index contributed by atoms with van der Waals surface area (Å²) in [5.41, 5.74) is 1.31. The highest BCUT2D eigenvalue weighted by Crippen LogP contribution is 2.26. The summed E-state index contributed by atoms with van der Waals surface area (Å²) in [5, 5.41) is 3.69. The Bertz CT molecular complexity index is 1480. The van der Waals surface area contributed by atoms with Gasteiger partial charge < -0.3 is 15.0 Å². The van der Waals surface area contributed by atoms with Gasteiger partial charge in [-0.15, -0.1) is 0 Å². The number of rotatable bonds is 12. The molecule has 0 aliphatic heterocycles. The van der Waals surface area contributed by atoms with E-state index in [0.717, 1.165) is 16.1 Å². The second-order valence-corrected chi connectivity index (χ2v) is 13.7. The van der Waals surface area contributed by atoms with E-state index in [2.05, 4.69) is 5.32 Å². The maximum absolute atomic E-state index is 13.9. The molecule has 0 bridgehead atoms. The van der Waals surface area contributed by atoms with Crippen molar-refractivity contribution in [1.29, 1.82) is 0 Å². The minimum absolute atomic E-state index is 0.0191. The van der Waals surface area contributed by atoms with Crippen LogP contribution in [0.1, 0.15) is 45.2 Å². The van der Waals surface area contributed by atoms with Crippen molar-refractivity contribution in [2.24, 2.45) is 0 Å². The Hall–Kier alpha value is -3.27. The van der Waals surface area contributed by atoms with E-state index in [1.807, 2.05) is 51.1 Å². The Labute approximate surface area is 258 Å². The molecule has 3 aromatic carbocycles. The zero-order chi connectivity index (χ0) is 31.1. The number of halogens is 2. The van der Waals surface area contributed by atoms with Gasteiger partial charge in [0.2, 0.25) is 21.8 Å². The second-order valence-electron chi connectivity index (χ2n) is 11.0. The summed E-state index contributed by atoms with van der Waals surface area (Å²) in [7, 11) is -3.88. The summed E-state index contributed by atoms with van der Waals surface area (Å²) in [5.74, 6) is -0.368. The number of amides is 2. The van der Waals surface area contributed by atoms with Crippen molar-refractivity contribution >= 4 is 50.7 Å². The molecular formula is C31H37Cl2N3O5S. The molecule has 0 radical (unpaired) electrons. The fraction of sp³-hybridized carbons (Fsp3) is 0.355. The molecule has 0 fully saturated rings. The number of nitrogens with zero attached hydrogens (tertiary/aromatic N) is 2. The van der Waals surface area contributed by atoms with Gasteiger partial charge in [0.15, 0.2) is 0 Å². The summed E-state index contributed by atoms with van der Waals surface area (Å²) in [4.78, 5) is 28.6. The zero-order valence-electron chi connectivity index (χ0n) is 24.4. The van der Waals surface area contributed by atoms with Gasteiger partial charge in [0.05, 0.1) is 11.9 Å². The van der Waals surface area contributed by atoms with Crippen LogP contribution in [0.5, 0.6) is 5.75 Å². The number of carbonyl (C=O) groups is 2. The third-order valence-corrected chi connectivity index (χ3v) is 8.02. The van der Waals surface area contributed by atoms with Crippen molar-refractivity contribution in [2.75, 3.05) is 17.1 Å². The molecule has 0 aromatic heterocycles. The molecule has 3 rings (SSSR count). The number of nitrogens with one attached hydrogen (secondary N) is 1. The molecule has 0 heterocycles. The smallest absolute Gasteiger partial charge is 0.244 e. The van der Waals surface area contributed by atoms with Gasteiger partial charge in [-0.05, 0) is 74.7 Å². The maximum Gasteiger partial charge on any atom is 0.244 e. The summed E-state index contributed by atoms with van der Waals surface area (Å²) < 4.78 is 32.6. The SMILES string of the molecule is CCC(C(=O)NC(C)(C)C)N(Cc1ccc(Cl)cc1Cl)C(=O)CN(c1ccc(OCc2ccccc2)cc1)S(C)(=O)=O. The predicted octanol–water partition coefficient (Wildman–Crippen LogP) is 6.06. The lowest BCUT2D eigenvalue weighted by Gasteiger charge is -2.34. The first-order valence-corrected chi connectivity index (χ1v) is 16.1. The molecule has 2 amide bonds. The number of sulfonamides is 1. The van der Waals surface area contributed by atoms with Crippen molar-refractivity contribution in [3.63, 3.8) is 0 Å². The number of benzene rings is 3. The topological polar surface area (TPSA) is 96.0 Å². The molecule has 0 aliphatic rings. The van der Waals surface area contributed by atoms with Crippen molar-refractivity contribution in [3.8, 4) is 5.75 Å². The third kappa shape index (κ3) is 9.64. The van der Waals surface area contributed by atoms with Gasteiger partial charge in [-0.1, -0.05) is 66.5 Å². The van der Waals surface area contributed by atoms with Gasteiger partial charge in [0, 0.05) is 22.1 Å². The van der Waals surface area contributed by atoms with Crippen LogP contribution in [0.2, 0.25) is 10.0 Å². The molecule has 226 valence electrons. The Morgan fingerprint density at radius 2 is 1.62 bits per heavy atom. The van der Waals surface area contributed by atoms with Crippen LogP contribution in [0, 0.1) is 0 Å². The highest BCUT2D eigenvalue weighted by molar-refractivity contribution is 7.92. The van der Waals surface area contributed by atoms with Gasteiger partial charge in [-0.25, -0.2) is 8.42 Å². The second kappa shape index (κ2) is 14.3. The van der Waals surface area contributed by atoms with Crippen molar-refractivity contribution in [1.82, 2.24) is 10.2 Å². The van der Waals surface area contributed by atoms with Crippen LogP contribution in [-0.2, 0) is 32.8 Å². The fourth-order valence-corrected chi connectivity index (χ4v) is 5.59. The van der Waals surface area contributed by atoms with Crippen LogP contribution in [-0.4, -0.2) is 49.5 Å². The molecular weight excluding hydrogens is 597 g/mol. The Morgan fingerprint density at radius 1 is 0.976 bits per heavy atom. The Balaban J connectivity index is 1.89. The standard InChI is InChI=1S/C31H37Cl2N3O5S/c1-6-28(30(38)34-31(2,3)4)35(19-23-12-13-24(32)18-27(23)33)29(37)20-36(42(5,39)40)25-14-16-26(17-15-25)41-21-22-10-8-7-9-11-22/h7-18,28H,6,19-21H2,1-5H3,(H,34,38). The number of ether oxygens (including phenoxy) is 1. The van der Waals surface area contributed by atoms with Crippen LogP contribution in [0.25, 0.3) is 0 Å². The minimum atomic E-state index is -3.88. The van der Waals surface area contributed by atoms with Crippen LogP contribution in [0.4, 0.5) is 5.69 Å². The van der Waals surface area contributed by atoms with E-state index < -0.39 is 34.1 Å². The van der Waals surface area contributed by atoms with Gasteiger partial charge in [0.25, 0.3) is 0 Å². The average Bonchev–Trinajstić information content (AvgIpc) is 2.91. The molecule has 42 heavy (non-hydrogen) atoms. The molecule has 11 heteroatoms. The summed E-state index contributed by atoms with van der Waals surface area (Å²) in [6.45, 7) is 7.14. The number of hydrogen-bond acceptors (Lipinski definition) is 5. The monoisotopic (exact) mass is 633 g/mol. The first kappa shape index (κ1) is 33.2. The van der Waals surface area contributed by atoms with E-state index >= 15 is 0 Å². The lowest BCUT2D eigenvalue weighted by molar-refractivity contribution is -0.141. The minimum Gasteiger partial charge on any atom is -0.489 e. The van der Waals surface area contributed by atoms with Gasteiger partial charge in [-0.2, -0.15) is 0 Å². The van der Waals surface area contributed by atoms with E-state index in [-0.39, 0.29) is 18.1 Å². The van der Waals surface area contributed by atoms with Crippen LogP contribution >= 0.6 is 23.2 Å². The number of hydrogen-bond donors (Lipinski definition) is 1. The van der Waals surface area contributed by atoms with E-state index in [1.165, 1.54) is 4.90 Å². The molecule has 1 N–H and O–H groups in total. The summed E-state index contributed by atoms with van der Waals surface area (Å²) in [6.07, 6.45) is 1.33. The van der Waals surface area contributed by atoms with E-state index in [1.54, 1.807) is 49.4 Å². The molecule has 0 aliphatic carbocycles. The number of anilines is 1. The normalized spacial score (nSPS) is 12.4. The largest absolute Gasteiger partial charge is 0.489 e. The molecule has 0 saturated carbocycles. The van der Waals surface area contributed by atoms with E-state index in [4.69, 9.17) is 27.9 Å². The zero-order valence-corrected chi connectivity index (χ0v) is 26.8. The highest BCUT2D eigenvalue weighted by atomic mass is 35.5. The van der Waals surface area contributed by atoms with Crippen LogP contribution in [0.3, 0.4) is 0 Å². The molecule has 1 unspecified atom stereocenters. The summed E-state index contributed by atoms with van der Waals surface area (Å²) >= 11 is 12.5. The highest BCUT2D eigenvalue weighted by Gasteiger charge is 2.33. The molecule has 0 spiro atoms. The first-order chi connectivity index (χ1) is 19.7. The Kier molecular flexibility index (Phi) is 11.3. The molecule has 3 aromatic rings. The van der Waals surface area contributed by atoms with Gasteiger partial charge in [-0.3, -0.25) is 13.9 Å². The van der Waals surface area contributed by atoms with Crippen molar-refractivity contribution in [3.05, 3.63) is 94.0 Å². The maximum atomic E-state index is 13.9. The molecule has 8 nitrogen and oxygen atoms in total. The fourth-order valence-electron chi connectivity index (χ4n) is 4.27. The number of carbonyl (C=O) groups excluding carboxylic acids is 2. The molecule has 1 atom stereocenters.